The van der Waals surface area contributed by atoms with Gasteiger partial charge in [0.15, 0.2) is 0 Å². The molecule has 0 unspecified atom stereocenters. The van der Waals surface area contributed by atoms with Crippen LogP contribution in [0.2, 0.25) is 0 Å². The average Bonchev–Trinajstić information content (AvgIpc) is 3.06. The average molecular weight is 422 g/mol. The lowest BCUT2D eigenvalue weighted by Crippen LogP contribution is -2.20. The summed E-state index contributed by atoms with van der Waals surface area (Å²) in [6, 6.07) is 17.1. The first-order valence-electron chi connectivity index (χ1n) is 10.2. The second-order valence-corrected chi connectivity index (χ2v) is 7.53. The van der Waals surface area contributed by atoms with Crippen molar-refractivity contribution in [1.29, 1.82) is 5.26 Å². The van der Waals surface area contributed by atoms with E-state index in [-0.39, 0.29) is 12.5 Å². The van der Waals surface area contributed by atoms with E-state index in [4.69, 9.17) is 0 Å². The highest BCUT2D eigenvalue weighted by molar-refractivity contribution is 5.90. The standard InChI is InChI=1S/C25H22N6O/c1-16-12-19(10-11-27-16)25-17(2)30-31(18(25)3)15-24(32)29-23-9-8-21(14-28-23)22-7-5-4-6-20(22)13-26/h4-12,14H,15H2,1-3H3,(H,28,29,32). The van der Waals surface area contributed by atoms with Crippen LogP contribution in [0.15, 0.2) is 60.9 Å². The number of nitriles is 1. The fourth-order valence-electron chi connectivity index (χ4n) is 3.75. The van der Waals surface area contributed by atoms with Gasteiger partial charge in [-0.2, -0.15) is 10.4 Å². The molecule has 158 valence electrons. The van der Waals surface area contributed by atoms with Gasteiger partial charge in [-0.1, -0.05) is 18.2 Å². The molecule has 1 N–H and O–H groups in total. The van der Waals surface area contributed by atoms with Crippen molar-refractivity contribution in [3.63, 3.8) is 0 Å². The number of carbonyl (C=O) groups is 1. The first kappa shape index (κ1) is 20.9. The molecule has 0 saturated heterocycles. The number of carbonyl (C=O) groups excluding carboxylic acids is 1. The molecule has 1 aromatic carbocycles. The van der Waals surface area contributed by atoms with E-state index in [1.54, 1.807) is 29.2 Å². The van der Waals surface area contributed by atoms with Gasteiger partial charge in [0.05, 0.1) is 17.3 Å². The maximum atomic E-state index is 12.6. The zero-order valence-electron chi connectivity index (χ0n) is 18.1. The topological polar surface area (TPSA) is 96.5 Å². The van der Waals surface area contributed by atoms with Crippen LogP contribution in [-0.2, 0) is 11.3 Å². The van der Waals surface area contributed by atoms with Crippen molar-refractivity contribution >= 4 is 11.7 Å². The first-order valence-corrected chi connectivity index (χ1v) is 10.2. The van der Waals surface area contributed by atoms with Gasteiger partial charge in [-0.25, -0.2) is 4.98 Å². The third-order valence-corrected chi connectivity index (χ3v) is 5.25. The molecular weight excluding hydrogens is 400 g/mol. The van der Waals surface area contributed by atoms with E-state index in [0.717, 1.165) is 39.3 Å². The Morgan fingerprint density at radius 1 is 1.06 bits per heavy atom. The first-order chi connectivity index (χ1) is 15.5. The molecule has 0 saturated carbocycles. The number of aromatic nitrogens is 4. The maximum absolute atomic E-state index is 12.6. The predicted octanol–water partition coefficient (Wildman–Crippen LogP) is 4.44. The van der Waals surface area contributed by atoms with Crippen molar-refractivity contribution in [2.45, 2.75) is 27.3 Å². The SMILES string of the molecule is Cc1cc(-c2c(C)nn(CC(=O)Nc3ccc(-c4ccccc4C#N)cn3)c2C)ccn1. The van der Waals surface area contributed by atoms with Gasteiger partial charge in [0, 0.05) is 40.5 Å². The van der Waals surface area contributed by atoms with Crippen LogP contribution >= 0.6 is 0 Å². The van der Waals surface area contributed by atoms with Gasteiger partial charge in [0.1, 0.15) is 12.4 Å². The van der Waals surface area contributed by atoms with Crippen LogP contribution in [0.25, 0.3) is 22.3 Å². The largest absolute Gasteiger partial charge is 0.309 e. The van der Waals surface area contributed by atoms with Crippen molar-refractivity contribution in [1.82, 2.24) is 19.7 Å². The third-order valence-electron chi connectivity index (χ3n) is 5.25. The Morgan fingerprint density at radius 2 is 1.88 bits per heavy atom. The Morgan fingerprint density at radius 3 is 2.59 bits per heavy atom. The molecule has 0 aliphatic heterocycles. The number of nitrogens with one attached hydrogen (secondary N) is 1. The van der Waals surface area contributed by atoms with E-state index in [1.807, 2.05) is 57.2 Å². The highest BCUT2D eigenvalue weighted by atomic mass is 16.2. The molecule has 0 radical (unpaired) electrons. The van der Waals surface area contributed by atoms with Crippen molar-refractivity contribution in [2.24, 2.45) is 0 Å². The molecule has 0 fully saturated rings. The van der Waals surface area contributed by atoms with E-state index in [2.05, 4.69) is 26.5 Å². The van der Waals surface area contributed by atoms with Crippen LogP contribution in [0.1, 0.15) is 22.6 Å². The molecule has 7 heteroatoms. The second-order valence-electron chi connectivity index (χ2n) is 7.53. The van der Waals surface area contributed by atoms with E-state index in [1.165, 1.54) is 0 Å². The highest BCUT2D eigenvalue weighted by Crippen LogP contribution is 2.27. The number of hydrogen-bond donors (Lipinski definition) is 1. The van der Waals surface area contributed by atoms with Crippen molar-refractivity contribution in [2.75, 3.05) is 5.32 Å². The molecule has 4 rings (SSSR count). The second kappa shape index (κ2) is 8.82. The summed E-state index contributed by atoms with van der Waals surface area (Å²) in [6.07, 6.45) is 3.43. The molecule has 0 aliphatic rings. The number of aryl methyl sites for hydroxylation is 2. The highest BCUT2D eigenvalue weighted by Gasteiger charge is 2.16. The molecule has 4 aromatic rings. The lowest BCUT2D eigenvalue weighted by Gasteiger charge is -2.08. The van der Waals surface area contributed by atoms with Crippen molar-refractivity contribution in [3.05, 3.63) is 83.6 Å². The van der Waals surface area contributed by atoms with Gasteiger partial charge in [-0.15, -0.1) is 0 Å². The Balaban J connectivity index is 1.49. The number of amides is 1. The van der Waals surface area contributed by atoms with Crippen LogP contribution in [0.5, 0.6) is 0 Å². The molecule has 1 amide bonds. The normalized spacial score (nSPS) is 10.6. The minimum Gasteiger partial charge on any atom is -0.309 e. The Labute approximate surface area is 186 Å². The number of anilines is 1. The number of benzene rings is 1. The fraction of sp³-hybridized carbons (Fsp3) is 0.160. The third kappa shape index (κ3) is 4.25. The van der Waals surface area contributed by atoms with Gasteiger partial charge in [-0.3, -0.25) is 14.5 Å². The maximum Gasteiger partial charge on any atom is 0.247 e. The molecule has 3 heterocycles. The lowest BCUT2D eigenvalue weighted by molar-refractivity contribution is -0.117. The lowest BCUT2D eigenvalue weighted by atomic mass is 10.0. The monoisotopic (exact) mass is 422 g/mol. The molecule has 3 aromatic heterocycles. The summed E-state index contributed by atoms with van der Waals surface area (Å²) in [5.41, 5.74) is 6.96. The molecule has 0 aliphatic carbocycles. The van der Waals surface area contributed by atoms with Gasteiger partial charge in [0.2, 0.25) is 5.91 Å². The summed E-state index contributed by atoms with van der Waals surface area (Å²) in [5.74, 6) is 0.227. The van der Waals surface area contributed by atoms with Crippen molar-refractivity contribution < 1.29 is 4.79 Å². The summed E-state index contributed by atoms with van der Waals surface area (Å²) >= 11 is 0. The Hall–Kier alpha value is -4.31. The summed E-state index contributed by atoms with van der Waals surface area (Å²) in [7, 11) is 0. The molecule has 0 bridgehead atoms. The van der Waals surface area contributed by atoms with E-state index >= 15 is 0 Å². The zero-order chi connectivity index (χ0) is 22.7. The van der Waals surface area contributed by atoms with Gasteiger partial charge >= 0.3 is 0 Å². The molecule has 0 atom stereocenters. The van der Waals surface area contributed by atoms with Crippen LogP contribution in [0, 0.1) is 32.1 Å². The Kier molecular flexibility index (Phi) is 5.77. The van der Waals surface area contributed by atoms with Gasteiger partial charge in [-0.05, 0) is 56.7 Å². The molecular formula is C25H22N6O. The quantitative estimate of drug-likeness (QED) is 0.513. The number of pyridine rings is 2. The van der Waals surface area contributed by atoms with E-state index < -0.39 is 0 Å². The Bertz CT molecular complexity index is 1330. The number of nitrogens with zero attached hydrogens (tertiary/aromatic N) is 5. The minimum absolute atomic E-state index is 0.0808. The molecule has 7 nitrogen and oxygen atoms in total. The molecule has 0 spiro atoms. The van der Waals surface area contributed by atoms with E-state index in [0.29, 0.717) is 11.4 Å². The fourth-order valence-corrected chi connectivity index (χ4v) is 3.75. The summed E-state index contributed by atoms with van der Waals surface area (Å²) in [4.78, 5) is 21.2. The summed E-state index contributed by atoms with van der Waals surface area (Å²) in [6.45, 7) is 5.92. The van der Waals surface area contributed by atoms with Crippen LogP contribution < -0.4 is 5.32 Å². The molecule has 32 heavy (non-hydrogen) atoms. The number of hydrogen-bond acceptors (Lipinski definition) is 5. The van der Waals surface area contributed by atoms with Crippen LogP contribution in [0.3, 0.4) is 0 Å². The van der Waals surface area contributed by atoms with Crippen LogP contribution in [-0.4, -0.2) is 25.7 Å². The van der Waals surface area contributed by atoms with Gasteiger partial charge < -0.3 is 5.32 Å². The summed E-state index contributed by atoms with van der Waals surface area (Å²) < 4.78 is 1.70. The number of rotatable bonds is 5. The smallest absolute Gasteiger partial charge is 0.247 e. The van der Waals surface area contributed by atoms with Gasteiger partial charge in [0.25, 0.3) is 0 Å². The van der Waals surface area contributed by atoms with E-state index in [9.17, 15) is 10.1 Å². The summed E-state index contributed by atoms with van der Waals surface area (Å²) in [5, 5.41) is 16.7. The zero-order valence-corrected chi connectivity index (χ0v) is 18.1. The predicted molar refractivity (Wildman–Crippen MR) is 123 cm³/mol. The minimum atomic E-state index is -0.217. The van der Waals surface area contributed by atoms with Crippen molar-refractivity contribution in [3.8, 4) is 28.3 Å². The van der Waals surface area contributed by atoms with Crippen LogP contribution in [0.4, 0.5) is 5.82 Å².